The van der Waals surface area contributed by atoms with Gasteiger partial charge >= 0.3 is 5.97 Å². The average Bonchev–Trinajstić information content (AvgIpc) is 3.03. The number of aromatic nitrogens is 3. The Hall–Kier alpha value is -3.66. The number of rotatable bonds is 7. The van der Waals surface area contributed by atoms with Crippen LogP contribution in [0.15, 0.2) is 47.6 Å². The van der Waals surface area contributed by atoms with Crippen LogP contribution >= 0.6 is 11.8 Å². The highest BCUT2D eigenvalue weighted by Gasteiger charge is 2.35. The summed E-state index contributed by atoms with van der Waals surface area (Å²) < 4.78 is 17.6. The lowest BCUT2D eigenvalue weighted by Gasteiger charge is -2.31. The zero-order valence-corrected chi connectivity index (χ0v) is 20.8. The van der Waals surface area contributed by atoms with E-state index in [9.17, 15) is 9.59 Å². The molecule has 1 aliphatic rings. The second-order valence-corrected chi connectivity index (χ2v) is 8.30. The van der Waals surface area contributed by atoms with E-state index >= 15 is 0 Å². The molecule has 4 rings (SSSR count). The summed E-state index contributed by atoms with van der Waals surface area (Å²) in [6, 6.07) is 12.6. The van der Waals surface area contributed by atoms with E-state index in [2.05, 4.69) is 15.2 Å². The number of fused-ring (bicyclic) bond motifs is 3. The van der Waals surface area contributed by atoms with E-state index in [1.165, 1.54) is 11.8 Å². The van der Waals surface area contributed by atoms with Crippen LogP contribution in [0.4, 0.5) is 5.69 Å². The van der Waals surface area contributed by atoms with Crippen LogP contribution in [0.5, 0.6) is 17.4 Å². The molecule has 0 unspecified atom stereocenters. The van der Waals surface area contributed by atoms with Crippen molar-refractivity contribution < 1.29 is 23.8 Å². The summed E-state index contributed by atoms with van der Waals surface area (Å²) in [5.41, 5.74) is 2.40. The van der Waals surface area contributed by atoms with Crippen molar-refractivity contribution in [2.45, 2.75) is 45.0 Å². The summed E-state index contributed by atoms with van der Waals surface area (Å²) in [6.07, 6.45) is 1.47. The normalized spacial score (nSPS) is 14.3. The lowest BCUT2D eigenvalue weighted by Crippen LogP contribution is -2.37. The second kappa shape index (κ2) is 10.7. The van der Waals surface area contributed by atoms with E-state index in [0.717, 1.165) is 0 Å². The number of hydrogen-bond acceptors (Lipinski definition) is 9. The van der Waals surface area contributed by atoms with Gasteiger partial charge < -0.3 is 14.2 Å². The smallest absolute Gasteiger partial charge is 0.311 e. The van der Waals surface area contributed by atoms with Gasteiger partial charge in [0.25, 0.3) is 0 Å². The number of thioether (sulfide) groups is 1. The molecule has 0 bridgehead atoms. The second-order valence-electron chi connectivity index (χ2n) is 7.52. The average molecular weight is 495 g/mol. The fraction of sp³-hybridized carbons (Fsp3) is 0.320. The van der Waals surface area contributed by atoms with Crippen LogP contribution in [0.2, 0.25) is 0 Å². The first kappa shape index (κ1) is 24.5. The molecule has 1 aromatic heterocycles. The molecule has 1 aliphatic heterocycles. The van der Waals surface area contributed by atoms with Crippen molar-refractivity contribution in [3.8, 4) is 28.6 Å². The lowest BCUT2D eigenvalue weighted by atomic mass is 10.1. The first-order chi connectivity index (χ1) is 17.0. The quantitative estimate of drug-likeness (QED) is 0.260. The largest absolute Gasteiger partial charge is 0.490 e. The zero-order chi connectivity index (χ0) is 24.9. The topological polar surface area (TPSA) is 104 Å². The lowest BCUT2D eigenvalue weighted by molar-refractivity contribution is -0.134. The highest BCUT2D eigenvalue weighted by Crippen LogP contribution is 2.44. The molecule has 2 aromatic carbocycles. The predicted octanol–water partition coefficient (Wildman–Crippen LogP) is 4.81. The number of esters is 1. The third-order valence-electron chi connectivity index (χ3n) is 5.33. The molecule has 3 aromatic rings. The number of ether oxygens (including phenoxy) is 3. The molecule has 0 aliphatic carbocycles. The van der Waals surface area contributed by atoms with Gasteiger partial charge in [0.2, 0.25) is 23.2 Å². The van der Waals surface area contributed by atoms with Crippen LogP contribution in [-0.2, 0) is 9.59 Å². The minimum atomic E-state index is -0.869. The van der Waals surface area contributed by atoms with Crippen LogP contribution in [0.1, 0.15) is 45.4 Å². The van der Waals surface area contributed by atoms with Crippen molar-refractivity contribution in [3.63, 3.8) is 0 Å². The number of carbonyl (C=O) groups is 2. The molecule has 1 atom stereocenters. The number of amides is 1. The van der Waals surface area contributed by atoms with Crippen molar-refractivity contribution >= 4 is 29.3 Å². The van der Waals surface area contributed by atoms with Crippen molar-refractivity contribution in [1.29, 1.82) is 0 Å². The molecule has 182 valence electrons. The van der Waals surface area contributed by atoms with Gasteiger partial charge in [0.1, 0.15) is 0 Å². The van der Waals surface area contributed by atoms with Gasteiger partial charge in [-0.3, -0.25) is 14.5 Å². The van der Waals surface area contributed by atoms with Gasteiger partial charge in [-0.15, -0.1) is 10.2 Å². The Morgan fingerprint density at radius 3 is 2.57 bits per heavy atom. The maximum absolute atomic E-state index is 13.3. The van der Waals surface area contributed by atoms with Crippen molar-refractivity contribution in [2.24, 2.45) is 0 Å². The Bertz CT molecular complexity index is 1250. The summed E-state index contributed by atoms with van der Waals surface area (Å²) in [6.45, 7) is 5.72. The summed E-state index contributed by atoms with van der Waals surface area (Å²) in [7, 11) is 0. The maximum atomic E-state index is 13.3. The summed E-state index contributed by atoms with van der Waals surface area (Å²) >= 11 is 1.34. The highest BCUT2D eigenvalue weighted by molar-refractivity contribution is 7.98. The van der Waals surface area contributed by atoms with Crippen LogP contribution in [-0.4, -0.2) is 39.9 Å². The molecule has 1 amide bonds. The molecule has 0 fully saturated rings. The molecule has 0 saturated heterocycles. The SMILES string of the molecule is CCOc1cc([C@@H]2Oc3nc(SC)nnc3-c3ccccc3N2C(=O)CC)ccc1OC(=O)CC. The maximum Gasteiger partial charge on any atom is 0.311 e. The van der Waals surface area contributed by atoms with Crippen LogP contribution < -0.4 is 19.1 Å². The third kappa shape index (κ3) is 4.93. The fourth-order valence-electron chi connectivity index (χ4n) is 3.68. The zero-order valence-electron chi connectivity index (χ0n) is 20.0. The van der Waals surface area contributed by atoms with Gasteiger partial charge in [-0.1, -0.05) is 43.8 Å². The molecular weight excluding hydrogens is 468 g/mol. The first-order valence-electron chi connectivity index (χ1n) is 11.3. The Morgan fingerprint density at radius 2 is 1.86 bits per heavy atom. The van der Waals surface area contributed by atoms with Gasteiger partial charge in [0, 0.05) is 24.0 Å². The Balaban J connectivity index is 1.90. The fourth-order valence-corrected chi connectivity index (χ4v) is 3.98. The number of carbonyl (C=O) groups excluding carboxylic acids is 2. The molecule has 0 saturated carbocycles. The standard InChI is InChI=1S/C25H26N4O5S/c1-5-20(30)29-17-11-9-8-10-16(17)22-23(26-25(35-4)28-27-22)34-24(29)15-12-13-18(33-21(31)6-2)19(14-15)32-7-3/h8-14,24H,5-7H2,1-4H3/t24-/m0/s1. The first-order valence-corrected chi connectivity index (χ1v) is 12.6. The highest BCUT2D eigenvalue weighted by atomic mass is 32.2. The number of nitrogens with zero attached hydrogens (tertiary/aromatic N) is 4. The van der Waals surface area contributed by atoms with Gasteiger partial charge in [-0.05, 0) is 37.4 Å². The number of benzene rings is 2. The van der Waals surface area contributed by atoms with E-state index in [-0.39, 0.29) is 30.6 Å². The molecule has 0 radical (unpaired) electrons. The third-order valence-corrected chi connectivity index (χ3v) is 5.87. The molecule has 2 heterocycles. The monoisotopic (exact) mass is 494 g/mol. The molecular formula is C25H26N4O5S. The van der Waals surface area contributed by atoms with E-state index in [1.807, 2.05) is 37.4 Å². The Labute approximate surface area is 207 Å². The Kier molecular flexibility index (Phi) is 7.50. The van der Waals surface area contributed by atoms with Crippen molar-refractivity contribution in [1.82, 2.24) is 15.2 Å². The van der Waals surface area contributed by atoms with Crippen molar-refractivity contribution in [3.05, 3.63) is 48.0 Å². The number of para-hydroxylation sites is 1. The van der Waals surface area contributed by atoms with Crippen LogP contribution in [0, 0.1) is 0 Å². The van der Waals surface area contributed by atoms with Crippen molar-refractivity contribution in [2.75, 3.05) is 17.8 Å². The van der Waals surface area contributed by atoms with Gasteiger partial charge in [0.15, 0.2) is 17.2 Å². The van der Waals surface area contributed by atoms with Crippen LogP contribution in [0.3, 0.4) is 0 Å². The summed E-state index contributed by atoms with van der Waals surface area (Å²) in [5, 5.41) is 8.99. The van der Waals surface area contributed by atoms with E-state index in [4.69, 9.17) is 14.2 Å². The number of hydrogen-bond donors (Lipinski definition) is 0. The van der Waals surface area contributed by atoms with E-state index in [0.29, 0.717) is 45.8 Å². The molecule has 0 spiro atoms. The van der Waals surface area contributed by atoms with E-state index < -0.39 is 6.23 Å². The van der Waals surface area contributed by atoms with Crippen LogP contribution in [0.25, 0.3) is 11.3 Å². The summed E-state index contributed by atoms with van der Waals surface area (Å²) in [5.74, 6) is 0.435. The number of anilines is 1. The minimum absolute atomic E-state index is 0.146. The molecule has 10 heteroatoms. The summed E-state index contributed by atoms with van der Waals surface area (Å²) in [4.78, 5) is 31.3. The van der Waals surface area contributed by atoms with Gasteiger partial charge in [-0.25, -0.2) is 0 Å². The van der Waals surface area contributed by atoms with Gasteiger partial charge in [0.05, 0.1) is 12.3 Å². The minimum Gasteiger partial charge on any atom is -0.490 e. The van der Waals surface area contributed by atoms with E-state index in [1.54, 1.807) is 36.9 Å². The molecule has 35 heavy (non-hydrogen) atoms. The predicted molar refractivity (Wildman–Crippen MR) is 132 cm³/mol. The van der Waals surface area contributed by atoms with Gasteiger partial charge in [-0.2, -0.15) is 4.98 Å². The Morgan fingerprint density at radius 1 is 1.06 bits per heavy atom. The molecule has 0 N–H and O–H groups in total. The molecule has 9 nitrogen and oxygen atoms in total.